The average Bonchev–Trinajstić information content (AvgIpc) is 2.73. The maximum Gasteiger partial charge on any atom is 0.224 e. The normalized spacial score (nSPS) is 35.2. The second-order valence-corrected chi connectivity index (χ2v) is 12.9. The van der Waals surface area contributed by atoms with Crippen molar-refractivity contribution in [2.24, 2.45) is 23.7 Å². The number of carbonyl (C=O) groups is 1. The molecule has 6 rings (SSSR count). The summed E-state index contributed by atoms with van der Waals surface area (Å²) in [5.41, 5.74) is 1.17. The molecule has 5 fully saturated rings. The van der Waals surface area contributed by atoms with Crippen molar-refractivity contribution in [1.82, 2.24) is 9.62 Å². The third-order valence-electron chi connectivity index (χ3n) is 8.29. The van der Waals surface area contributed by atoms with Gasteiger partial charge >= 0.3 is 0 Å². The summed E-state index contributed by atoms with van der Waals surface area (Å²) in [5, 5.41) is 3.47. The number of sulfonamides is 1. The third kappa shape index (κ3) is 4.70. The van der Waals surface area contributed by atoms with E-state index in [0.717, 1.165) is 56.3 Å². The van der Waals surface area contributed by atoms with Gasteiger partial charge in [0, 0.05) is 18.6 Å². The molecule has 1 saturated heterocycles. The van der Waals surface area contributed by atoms with Crippen LogP contribution in [0.1, 0.15) is 63.4 Å². The van der Waals surface area contributed by atoms with Crippen molar-refractivity contribution < 1.29 is 13.2 Å². The molecule has 0 radical (unpaired) electrons. The molecule has 1 N–H and O–H groups in total. The second-order valence-electron chi connectivity index (χ2n) is 10.8. The van der Waals surface area contributed by atoms with Gasteiger partial charge in [-0.15, -0.1) is 0 Å². The molecular formula is C25H36N2O3S. The Balaban J connectivity index is 1.16. The molecule has 0 aromatic heterocycles. The van der Waals surface area contributed by atoms with E-state index in [4.69, 9.17) is 0 Å². The summed E-state index contributed by atoms with van der Waals surface area (Å²) in [5.74, 6) is 2.43. The first-order valence-corrected chi connectivity index (χ1v) is 13.9. The first-order chi connectivity index (χ1) is 14.9. The Morgan fingerprint density at radius 1 is 1.03 bits per heavy atom. The molecule has 1 aromatic rings. The number of benzene rings is 1. The van der Waals surface area contributed by atoms with E-state index in [9.17, 15) is 13.2 Å². The lowest BCUT2D eigenvalue weighted by Gasteiger charge is -2.57. The van der Waals surface area contributed by atoms with Crippen molar-refractivity contribution in [2.45, 2.75) is 69.7 Å². The number of rotatable bonds is 7. The number of carbonyl (C=O) groups excluding carboxylic acids is 1. The molecule has 170 valence electrons. The molecule has 4 bridgehead atoms. The van der Waals surface area contributed by atoms with E-state index in [0.29, 0.717) is 19.5 Å². The monoisotopic (exact) mass is 444 g/mol. The first kappa shape index (κ1) is 21.4. The Morgan fingerprint density at radius 3 is 2.32 bits per heavy atom. The lowest BCUT2D eigenvalue weighted by molar-refractivity contribution is -0.131. The van der Waals surface area contributed by atoms with Gasteiger partial charge in [0.1, 0.15) is 0 Å². The number of piperidine rings is 1. The predicted octanol–water partition coefficient (Wildman–Crippen LogP) is 3.75. The molecule has 1 heterocycles. The summed E-state index contributed by atoms with van der Waals surface area (Å²) in [6.45, 7) is 0.903. The molecule has 1 amide bonds. The van der Waals surface area contributed by atoms with Crippen LogP contribution in [0, 0.1) is 23.7 Å². The van der Waals surface area contributed by atoms with Gasteiger partial charge in [0.05, 0.1) is 11.7 Å². The summed E-state index contributed by atoms with van der Waals surface area (Å²) in [4.78, 5) is 13.2. The number of nitrogens with zero attached hydrogens (tertiary/aromatic N) is 1. The van der Waals surface area contributed by atoms with Crippen LogP contribution in [0.4, 0.5) is 0 Å². The molecule has 1 aromatic carbocycles. The fourth-order valence-electron chi connectivity index (χ4n) is 7.27. The average molecular weight is 445 g/mol. The van der Waals surface area contributed by atoms with Crippen molar-refractivity contribution in [3.63, 3.8) is 0 Å². The van der Waals surface area contributed by atoms with E-state index in [1.807, 2.05) is 30.3 Å². The van der Waals surface area contributed by atoms with Crippen molar-refractivity contribution >= 4 is 15.9 Å². The Bertz CT molecular complexity index is 863. The molecule has 1 atom stereocenters. The Kier molecular flexibility index (Phi) is 5.89. The van der Waals surface area contributed by atoms with Crippen LogP contribution in [-0.2, 0) is 21.2 Å². The number of hydrogen-bond acceptors (Lipinski definition) is 3. The molecular weight excluding hydrogens is 408 g/mol. The summed E-state index contributed by atoms with van der Waals surface area (Å²) in [6.07, 6.45) is 10.4. The minimum absolute atomic E-state index is 0.00265. The summed E-state index contributed by atoms with van der Waals surface area (Å²) >= 11 is 0. The molecule has 5 aliphatic rings. The van der Waals surface area contributed by atoms with Crippen molar-refractivity contribution in [3.8, 4) is 0 Å². The SMILES string of the molecule is O=C(NC12CC3CC(CC(C3)C1)C2)[C@H]1CCCN(S(=O)(=O)CCCc2ccccc2)C1. The highest BCUT2D eigenvalue weighted by molar-refractivity contribution is 7.89. The zero-order valence-electron chi connectivity index (χ0n) is 18.5. The predicted molar refractivity (Wildman–Crippen MR) is 122 cm³/mol. The largest absolute Gasteiger partial charge is 0.350 e. The van der Waals surface area contributed by atoms with Gasteiger partial charge < -0.3 is 5.32 Å². The van der Waals surface area contributed by atoms with Crippen LogP contribution in [0.15, 0.2) is 30.3 Å². The van der Waals surface area contributed by atoms with Crippen LogP contribution in [0.2, 0.25) is 0 Å². The zero-order chi connectivity index (χ0) is 21.5. The van der Waals surface area contributed by atoms with Gasteiger partial charge in [-0.05, 0) is 87.5 Å². The van der Waals surface area contributed by atoms with E-state index >= 15 is 0 Å². The highest BCUT2D eigenvalue weighted by Gasteiger charge is 2.52. The quantitative estimate of drug-likeness (QED) is 0.697. The van der Waals surface area contributed by atoms with E-state index in [1.165, 1.54) is 24.8 Å². The van der Waals surface area contributed by atoms with Crippen molar-refractivity contribution in [3.05, 3.63) is 35.9 Å². The summed E-state index contributed by atoms with van der Waals surface area (Å²) in [6, 6.07) is 10.0. The van der Waals surface area contributed by atoms with Crippen molar-refractivity contribution in [1.29, 1.82) is 0 Å². The molecule has 4 saturated carbocycles. The van der Waals surface area contributed by atoms with Crippen LogP contribution in [0.25, 0.3) is 0 Å². The van der Waals surface area contributed by atoms with Gasteiger partial charge in [-0.2, -0.15) is 0 Å². The minimum atomic E-state index is -3.32. The number of aryl methyl sites for hydroxylation is 1. The Hall–Kier alpha value is -1.40. The number of amides is 1. The van der Waals surface area contributed by atoms with E-state index in [2.05, 4.69) is 5.32 Å². The van der Waals surface area contributed by atoms with Gasteiger partial charge in [0.15, 0.2) is 0 Å². The molecule has 4 aliphatic carbocycles. The molecule has 0 spiro atoms. The van der Waals surface area contributed by atoms with Gasteiger partial charge in [0.25, 0.3) is 0 Å². The van der Waals surface area contributed by atoms with Crippen LogP contribution in [0.5, 0.6) is 0 Å². The second kappa shape index (κ2) is 8.51. The summed E-state index contributed by atoms with van der Waals surface area (Å²) < 4.78 is 27.5. The first-order valence-electron chi connectivity index (χ1n) is 12.2. The third-order valence-corrected chi connectivity index (χ3v) is 10.2. The number of nitrogens with one attached hydrogen (secondary N) is 1. The minimum Gasteiger partial charge on any atom is -0.350 e. The lowest BCUT2D eigenvalue weighted by atomic mass is 9.53. The van der Waals surface area contributed by atoms with Gasteiger partial charge in [-0.1, -0.05) is 30.3 Å². The molecule has 6 heteroatoms. The standard InChI is InChI=1S/C25H36N2O3S/c28-24(26-25-15-20-12-21(16-25)14-22(13-20)17-25)23-9-4-10-27(18-23)31(29,30)11-5-8-19-6-2-1-3-7-19/h1-3,6-7,20-23H,4-5,8-18H2,(H,26,28)/t20?,21?,22?,23-,25?/m0/s1. The lowest BCUT2D eigenvalue weighted by Crippen LogP contribution is -2.61. The highest BCUT2D eigenvalue weighted by atomic mass is 32.2. The smallest absolute Gasteiger partial charge is 0.224 e. The fraction of sp³-hybridized carbons (Fsp3) is 0.720. The van der Waals surface area contributed by atoms with Crippen molar-refractivity contribution in [2.75, 3.05) is 18.8 Å². The van der Waals surface area contributed by atoms with E-state index in [1.54, 1.807) is 4.31 Å². The molecule has 5 nitrogen and oxygen atoms in total. The summed E-state index contributed by atoms with van der Waals surface area (Å²) in [7, 11) is -3.32. The van der Waals surface area contributed by atoms with Gasteiger partial charge in [0.2, 0.25) is 15.9 Å². The molecule has 31 heavy (non-hydrogen) atoms. The Morgan fingerprint density at radius 2 is 1.68 bits per heavy atom. The Labute approximate surface area is 187 Å². The van der Waals surface area contributed by atoms with Crippen LogP contribution < -0.4 is 5.32 Å². The van der Waals surface area contributed by atoms with Crippen LogP contribution >= 0.6 is 0 Å². The van der Waals surface area contributed by atoms with Gasteiger partial charge in [-0.3, -0.25) is 4.79 Å². The number of hydrogen-bond donors (Lipinski definition) is 1. The van der Waals surface area contributed by atoms with Crippen LogP contribution in [0.3, 0.4) is 0 Å². The maximum atomic E-state index is 13.2. The van der Waals surface area contributed by atoms with Crippen LogP contribution in [-0.4, -0.2) is 43.0 Å². The topological polar surface area (TPSA) is 66.5 Å². The van der Waals surface area contributed by atoms with E-state index < -0.39 is 10.0 Å². The zero-order valence-corrected chi connectivity index (χ0v) is 19.3. The molecule has 1 aliphatic heterocycles. The maximum absolute atomic E-state index is 13.2. The fourth-order valence-corrected chi connectivity index (χ4v) is 8.85. The van der Waals surface area contributed by atoms with E-state index in [-0.39, 0.29) is 23.1 Å². The van der Waals surface area contributed by atoms with Gasteiger partial charge in [-0.25, -0.2) is 12.7 Å². The molecule has 0 unspecified atom stereocenters. The highest BCUT2D eigenvalue weighted by Crippen LogP contribution is 2.55.